The van der Waals surface area contributed by atoms with Crippen molar-refractivity contribution >= 4 is 11.7 Å². The quantitative estimate of drug-likeness (QED) is 0.870. The Kier molecular flexibility index (Phi) is 3.64. The molecule has 22 heavy (non-hydrogen) atoms. The van der Waals surface area contributed by atoms with E-state index in [1.54, 1.807) is 24.3 Å². The van der Waals surface area contributed by atoms with E-state index in [4.69, 9.17) is 4.42 Å². The fourth-order valence-electron chi connectivity index (χ4n) is 2.45. The number of alkyl halides is 3. The van der Waals surface area contributed by atoms with Gasteiger partial charge >= 0.3 is 6.18 Å². The number of carbonyl (C=O) groups excluding carboxylic acids is 1. The summed E-state index contributed by atoms with van der Waals surface area (Å²) in [4.78, 5) is 17.0. The number of pyridine rings is 1. The van der Waals surface area contributed by atoms with E-state index in [9.17, 15) is 18.0 Å². The molecule has 1 fully saturated rings. The van der Waals surface area contributed by atoms with Gasteiger partial charge in [0.2, 0.25) is 5.91 Å². The van der Waals surface area contributed by atoms with Crippen molar-refractivity contribution < 1.29 is 22.4 Å². The van der Waals surface area contributed by atoms with Crippen LogP contribution in [0.1, 0.15) is 18.1 Å². The lowest BCUT2D eigenvalue weighted by Gasteiger charge is -2.23. The molecule has 0 radical (unpaired) electrons. The van der Waals surface area contributed by atoms with Crippen molar-refractivity contribution in [2.24, 2.45) is 5.92 Å². The third-order valence-electron chi connectivity index (χ3n) is 3.55. The summed E-state index contributed by atoms with van der Waals surface area (Å²) in [5.74, 6) is -0.573. The number of anilines is 1. The molecule has 7 heteroatoms. The zero-order chi connectivity index (χ0) is 15.7. The number of nitrogens with zero attached hydrogens (tertiary/aromatic N) is 2. The predicted molar refractivity (Wildman–Crippen MR) is 72.2 cm³/mol. The van der Waals surface area contributed by atoms with Crippen LogP contribution in [0.25, 0.3) is 0 Å². The fraction of sp³-hybridized carbons (Fsp3) is 0.333. The first-order chi connectivity index (χ1) is 10.5. The topological polar surface area (TPSA) is 46.3 Å². The summed E-state index contributed by atoms with van der Waals surface area (Å²) in [7, 11) is 0. The summed E-state index contributed by atoms with van der Waals surface area (Å²) < 4.78 is 43.5. The molecule has 1 aliphatic carbocycles. The fourth-order valence-corrected chi connectivity index (χ4v) is 2.45. The van der Waals surface area contributed by atoms with E-state index in [0.717, 1.165) is 0 Å². The molecule has 4 nitrogen and oxygen atoms in total. The molecule has 1 aliphatic rings. The Morgan fingerprint density at radius 3 is 2.73 bits per heavy atom. The Balaban J connectivity index is 1.79. The van der Waals surface area contributed by atoms with Crippen LogP contribution in [0.2, 0.25) is 0 Å². The summed E-state index contributed by atoms with van der Waals surface area (Å²) in [6.07, 6.45) is -1.14. The van der Waals surface area contributed by atoms with Gasteiger partial charge in [0.15, 0.2) is 0 Å². The van der Waals surface area contributed by atoms with E-state index < -0.39 is 24.5 Å². The van der Waals surface area contributed by atoms with Crippen molar-refractivity contribution in [3.8, 4) is 0 Å². The molecular weight excluding hydrogens is 297 g/mol. The average Bonchev–Trinajstić information content (AvgIpc) is 3.09. The zero-order valence-corrected chi connectivity index (χ0v) is 11.5. The van der Waals surface area contributed by atoms with Gasteiger partial charge in [0, 0.05) is 18.0 Å². The minimum absolute atomic E-state index is 0.00919. The van der Waals surface area contributed by atoms with Crippen LogP contribution < -0.4 is 4.90 Å². The van der Waals surface area contributed by atoms with Crippen molar-refractivity contribution in [2.75, 3.05) is 11.4 Å². The maximum atomic E-state index is 12.8. The Morgan fingerprint density at radius 2 is 2.14 bits per heavy atom. The molecule has 2 aromatic rings. The third-order valence-corrected chi connectivity index (χ3v) is 3.55. The van der Waals surface area contributed by atoms with E-state index in [2.05, 4.69) is 4.98 Å². The monoisotopic (exact) mass is 310 g/mol. The Morgan fingerprint density at radius 1 is 1.32 bits per heavy atom. The molecule has 0 saturated heterocycles. The van der Waals surface area contributed by atoms with Gasteiger partial charge in [-0.1, -0.05) is 6.07 Å². The smallest absolute Gasteiger partial charge is 0.406 e. The van der Waals surface area contributed by atoms with Gasteiger partial charge in [-0.05, 0) is 30.7 Å². The van der Waals surface area contributed by atoms with Crippen molar-refractivity contribution in [3.63, 3.8) is 0 Å². The second-order valence-corrected chi connectivity index (χ2v) is 5.19. The van der Waals surface area contributed by atoms with Crippen LogP contribution in [0.4, 0.5) is 19.0 Å². The number of aromatic nitrogens is 1. The molecule has 2 heterocycles. The van der Waals surface area contributed by atoms with Gasteiger partial charge in [0.05, 0.1) is 6.26 Å². The molecule has 1 saturated carbocycles. The van der Waals surface area contributed by atoms with Crippen LogP contribution in [0.3, 0.4) is 0 Å². The minimum atomic E-state index is -4.48. The van der Waals surface area contributed by atoms with E-state index in [0.29, 0.717) is 17.1 Å². The number of carbonyl (C=O) groups is 1. The van der Waals surface area contributed by atoms with Crippen molar-refractivity contribution in [2.45, 2.75) is 18.5 Å². The van der Waals surface area contributed by atoms with Crippen LogP contribution in [-0.4, -0.2) is 23.6 Å². The molecule has 116 valence electrons. The lowest BCUT2D eigenvalue weighted by Crippen LogP contribution is -2.40. The molecule has 2 aromatic heterocycles. The first-order valence-electron chi connectivity index (χ1n) is 6.78. The van der Waals surface area contributed by atoms with Crippen LogP contribution in [0.5, 0.6) is 0 Å². The molecule has 0 unspecified atom stereocenters. The van der Waals surface area contributed by atoms with Crippen molar-refractivity contribution in [1.29, 1.82) is 0 Å². The number of halogens is 3. The lowest BCUT2D eigenvalue weighted by molar-refractivity contribution is -0.133. The Hall–Kier alpha value is -2.31. The van der Waals surface area contributed by atoms with Crippen LogP contribution in [-0.2, 0) is 4.79 Å². The molecule has 0 N–H and O–H groups in total. The zero-order valence-electron chi connectivity index (χ0n) is 11.5. The maximum absolute atomic E-state index is 12.8. The summed E-state index contributed by atoms with van der Waals surface area (Å²) >= 11 is 0. The van der Waals surface area contributed by atoms with E-state index in [-0.39, 0.29) is 11.7 Å². The molecule has 1 amide bonds. The number of rotatable bonds is 4. The van der Waals surface area contributed by atoms with Gasteiger partial charge in [0.25, 0.3) is 0 Å². The number of hydrogen-bond donors (Lipinski definition) is 0. The van der Waals surface area contributed by atoms with Crippen molar-refractivity contribution in [3.05, 3.63) is 48.6 Å². The molecule has 0 spiro atoms. The van der Waals surface area contributed by atoms with Crippen LogP contribution >= 0.6 is 0 Å². The molecular formula is C15H13F3N2O2. The average molecular weight is 310 g/mol. The van der Waals surface area contributed by atoms with Gasteiger partial charge < -0.3 is 4.42 Å². The first-order valence-corrected chi connectivity index (χ1v) is 6.78. The first kappa shape index (κ1) is 14.6. The highest BCUT2D eigenvalue weighted by molar-refractivity contribution is 5.96. The lowest BCUT2D eigenvalue weighted by atomic mass is 10.2. The molecule has 0 bridgehead atoms. The highest BCUT2D eigenvalue weighted by Crippen LogP contribution is 2.49. The molecule has 3 rings (SSSR count). The highest BCUT2D eigenvalue weighted by Gasteiger charge is 2.49. The second-order valence-electron chi connectivity index (χ2n) is 5.19. The van der Waals surface area contributed by atoms with E-state index in [1.807, 2.05) is 0 Å². The number of hydrogen-bond acceptors (Lipinski definition) is 3. The largest absolute Gasteiger partial charge is 0.469 e. The van der Waals surface area contributed by atoms with Crippen molar-refractivity contribution in [1.82, 2.24) is 4.98 Å². The predicted octanol–water partition coefficient (Wildman–Crippen LogP) is 3.37. The molecule has 2 atom stereocenters. The van der Waals surface area contributed by atoms with Gasteiger partial charge in [0.1, 0.15) is 18.1 Å². The Bertz CT molecular complexity index is 641. The van der Waals surface area contributed by atoms with E-state index in [1.165, 1.54) is 18.5 Å². The van der Waals surface area contributed by atoms with Crippen LogP contribution in [0.15, 0.2) is 47.2 Å². The van der Waals surface area contributed by atoms with Gasteiger partial charge in [-0.15, -0.1) is 0 Å². The second kappa shape index (κ2) is 5.47. The van der Waals surface area contributed by atoms with Gasteiger partial charge in [-0.2, -0.15) is 13.2 Å². The summed E-state index contributed by atoms with van der Waals surface area (Å²) in [5.41, 5.74) is 0. The normalized spacial score (nSPS) is 20.7. The summed E-state index contributed by atoms with van der Waals surface area (Å²) in [6.45, 7) is -1.34. The summed E-state index contributed by atoms with van der Waals surface area (Å²) in [5, 5.41) is 0. The summed E-state index contributed by atoms with van der Waals surface area (Å²) in [6, 6.07) is 7.96. The maximum Gasteiger partial charge on any atom is 0.406 e. The molecule has 0 aliphatic heterocycles. The number of furan rings is 1. The SMILES string of the molecule is O=C([C@@H]1C[C@H]1c1ccco1)N(CC(F)(F)F)c1ccccn1. The third kappa shape index (κ3) is 3.13. The molecule has 0 aromatic carbocycles. The van der Waals surface area contributed by atoms with Gasteiger partial charge in [-0.25, -0.2) is 4.98 Å². The standard InChI is InChI=1S/C15H13F3N2O2/c16-15(17,18)9-20(13-5-1-2-6-19-13)14(21)11-8-10(11)12-4-3-7-22-12/h1-7,10-11H,8-9H2/t10-,11-/m1/s1. The minimum Gasteiger partial charge on any atom is -0.469 e. The van der Waals surface area contributed by atoms with E-state index >= 15 is 0 Å². The highest BCUT2D eigenvalue weighted by atomic mass is 19.4. The number of amides is 1. The Labute approximate surface area is 124 Å². The van der Waals surface area contributed by atoms with Crippen LogP contribution in [0, 0.1) is 5.92 Å². The van der Waals surface area contributed by atoms with Gasteiger partial charge in [-0.3, -0.25) is 9.69 Å².